The summed E-state index contributed by atoms with van der Waals surface area (Å²) in [6.07, 6.45) is 4.88. The maximum absolute atomic E-state index is 12.4. The highest BCUT2D eigenvalue weighted by Crippen LogP contribution is 2.24. The van der Waals surface area contributed by atoms with Crippen LogP contribution in [-0.2, 0) is 11.2 Å². The summed E-state index contributed by atoms with van der Waals surface area (Å²) in [6.45, 7) is 0.770. The summed E-state index contributed by atoms with van der Waals surface area (Å²) in [4.78, 5) is 14.2. The van der Waals surface area contributed by atoms with E-state index in [0.29, 0.717) is 0 Å². The molecule has 1 aliphatic rings. The molecule has 3 nitrogen and oxygen atoms in total. The highest BCUT2D eigenvalue weighted by atomic mass is 79.9. The van der Waals surface area contributed by atoms with Crippen molar-refractivity contribution in [2.45, 2.75) is 38.1 Å². The van der Waals surface area contributed by atoms with Crippen molar-refractivity contribution in [1.82, 2.24) is 4.90 Å². The first-order valence-electron chi connectivity index (χ1n) is 7.31. The van der Waals surface area contributed by atoms with Crippen LogP contribution in [0.3, 0.4) is 0 Å². The number of carbonyl (C=O) groups is 1. The summed E-state index contributed by atoms with van der Waals surface area (Å²) in [5.74, 6) is 0.394. The van der Waals surface area contributed by atoms with Crippen molar-refractivity contribution in [3.63, 3.8) is 0 Å². The highest BCUT2D eigenvalue weighted by Gasteiger charge is 2.27. The van der Waals surface area contributed by atoms with Crippen LogP contribution in [0.5, 0.6) is 0 Å². The molecule has 2 rings (SSSR count). The summed E-state index contributed by atoms with van der Waals surface area (Å²) in [5.41, 5.74) is 7.22. The zero-order valence-corrected chi connectivity index (χ0v) is 14.8. The molecule has 1 amide bonds. The number of carbonyl (C=O) groups excluding carboxylic acids is 1. The van der Waals surface area contributed by atoms with Gasteiger partial charge in [-0.05, 0) is 43.4 Å². The minimum Gasteiger partial charge on any atom is -0.345 e. The largest absolute Gasteiger partial charge is 0.345 e. The Morgan fingerprint density at radius 1 is 1.33 bits per heavy atom. The number of nitrogens with two attached hydrogens (primary N) is 1. The van der Waals surface area contributed by atoms with Crippen molar-refractivity contribution in [2.75, 3.05) is 13.6 Å². The number of rotatable bonds is 4. The molecular formula is C16H24BrClN2O. The van der Waals surface area contributed by atoms with Gasteiger partial charge in [0.05, 0.1) is 0 Å². The van der Waals surface area contributed by atoms with Crippen molar-refractivity contribution in [3.8, 4) is 0 Å². The molecule has 0 heterocycles. The van der Waals surface area contributed by atoms with E-state index in [1.807, 2.05) is 24.1 Å². The van der Waals surface area contributed by atoms with Crippen molar-refractivity contribution in [2.24, 2.45) is 11.7 Å². The minimum absolute atomic E-state index is 0. The van der Waals surface area contributed by atoms with Gasteiger partial charge in [0.2, 0.25) is 5.91 Å². The Hall–Kier alpha value is -0.580. The number of hydrogen-bond acceptors (Lipinski definition) is 2. The summed E-state index contributed by atoms with van der Waals surface area (Å²) in [6, 6.07) is 8.48. The maximum Gasteiger partial charge on any atom is 0.225 e. The molecule has 0 radical (unpaired) electrons. The minimum atomic E-state index is 0. The van der Waals surface area contributed by atoms with E-state index in [1.54, 1.807) is 0 Å². The number of nitrogens with zero attached hydrogens (tertiary/aromatic N) is 1. The number of benzene rings is 1. The highest BCUT2D eigenvalue weighted by molar-refractivity contribution is 9.10. The molecule has 1 fully saturated rings. The fourth-order valence-corrected chi connectivity index (χ4v) is 3.09. The molecule has 21 heavy (non-hydrogen) atoms. The third-order valence-corrected chi connectivity index (χ3v) is 4.62. The third kappa shape index (κ3) is 5.61. The predicted molar refractivity (Wildman–Crippen MR) is 92.7 cm³/mol. The fraction of sp³-hybridized carbons (Fsp3) is 0.562. The smallest absolute Gasteiger partial charge is 0.225 e. The van der Waals surface area contributed by atoms with Crippen molar-refractivity contribution in [1.29, 1.82) is 0 Å². The van der Waals surface area contributed by atoms with Gasteiger partial charge in [-0.25, -0.2) is 0 Å². The molecule has 2 atom stereocenters. The van der Waals surface area contributed by atoms with Crippen LogP contribution in [-0.4, -0.2) is 30.4 Å². The Kier molecular flexibility index (Phi) is 7.71. The molecule has 0 aromatic heterocycles. The molecule has 1 aromatic rings. The van der Waals surface area contributed by atoms with Gasteiger partial charge in [-0.1, -0.05) is 34.5 Å². The average molecular weight is 376 g/mol. The van der Waals surface area contributed by atoms with E-state index in [-0.39, 0.29) is 30.3 Å². The van der Waals surface area contributed by atoms with Gasteiger partial charge in [0.1, 0.15) is 0 Å². The normalized spacial score (nSPS) is 21.5. The first-order chi connectivity index (χ1) is 9.56. The van der Waals surface area contributed by atoms with Gasteiger partial charge in [-0.3, -0.25) is 4.79 Å². The van der Waals surface area contributed by atoms with E-state index in [1.165, 1.54) is 5.56 Å². The number of hydrogen-bond donors (Lipinski definition) is 1. The lowest BCUT2D eigenvalue weighted by atomic mass is 9.85. The zero-order valence-electron chi connectivity index (χ0n) is 12.4. The first kappa shape index (κ1) is 18.5. The molecule has 2 N–H and O–H groups in total. The van der Waals surface area contributed by atoms with Crippen LogP contribution in [0.15, 0.2) is 28.7 Å². The van der Waals surface area contributed by atoms with Gasteiger partial charge >= 0.3 is 0 Å². The van der Waals surface area contributed by atoms with Crippen molar-refractivity contribution < 1.29 is 4.79 Å². The maximum atomic E-state index is 12.4. The first-order valence-corrected chi connectivity index (χ1v) is 8.10. The van der Waals surface area contributed by atoms with E-state index in [4.69, 9.17) is 5.73 Å². The van der Waals surface area contributed by atoms with E-state index < -0.39 is 0 Å². The van der Waals surface area contributed by atoms with E-state index >= 15 is 0 Å². The molecule has 0 spiro atoms. The fourth-order valence-electron chi connectivity index (χ4n) is 2.82. The van der Waals surface area contributed by atoms with E-state index in [2.05, 4.69) is 28.1 Å². The second-order valence-corrected chi connectivity index (χ2v) is 6.68. The Balaban J connectivity index is 0.00000220. The van der Waals surface area contributed by atoms with Crippen LogP contribution >= 0.6 is 28.3 Å². The summed E-state index contributed by atoms with van der Waals surface area (Å²) in [5, 5.41) is 0. The lowest BCUT2D eigenvalue weighted by Gasteiger charge is -2.29. The Morgan fingerprint density at radius 3 is 2.62 bits per heavy atom. The molecule has 5 heteroatoms. The summed E-state index contributed by atoms with van der Waals surface area (Å²) >= 11 is 3.43. The van der Waals surface area contributed by atoms with Gasteiger partial charge < -0.3 is 10.6 Å². The Labute approximate surface area is 141 Å². The van der Waals surface area contributed by atoms with E-state index in [9.17, 15) is 4.79 Å². The van der Waals surface area contributed by atoms with Gasteiger partial charge in [0, 0.05) is 30.0 Å². The zero-order chi connectivity index (χ0) is 14.5. The summed E-state index contributed by atoms with van der Waals surface area (Å²) < 4.78 is 1.09. The van der Waals surface area contributed by atoms with Crippen molar-refractivity contribution in [3.05, 3.63) is 34.3 Å². The van der Waals surface area contributed by atoms with Gasteiger partial charge in [-0.15, -0.1) is 12.4 Å². The van der Waals surface area contributed by atoms with E-state index in [0.717, 1.165) is 43.1 Å². The lowest BCUT2D eigenvalue weighted by Crippen LogP contribution is -2.39. The topological polar surface area (TPSA) is 46.3 Å². The molecule has 2 unspecified atom stereocenters. The molecule has 118 valence electrons. The summed E-state index contributed by atoms with van der Waals surface area (Å²) in [7, 11) is 1.90. The molecule has 0 aliphatic heterocycles. The van der Waals surface area contributed by atoms with Crippen LogP contribution in [0.1, 0.15) is 31.2 Å². The van der Waals surface area contributed by atoms with Gasteiger partial charge in [0.15, 0.2) is 0 Å². The van der Waals surface area contributed by atoms with Gasteiger partial charge in [-0.2, -0.15) is 0 Å². The number of amides is 1. The molecule has 1 aliphatic carbocycles. The third-order valence-electron chi connectivity index (χ3n) is 4.09. The monoisotopic (exact) mass is 374 g/mol. The van der Waals surface area contributed by atoms with Gasteiger partial charge in [0.25, 0.3) is 0 Å². The van der Waals surface area contributed by atoms with Crippen LogP contribution < -0.4 is 5.73 Å². The van der Waals surface area contributed by atoms with Crippen LogP contribution in [0, 0.1) is 5.92 Å². The predicted octanol–water partition coefficient (Wildman–Crippen LogP) is 3.39. The SMILES string of the molecule is CN(CCc1ccc(Br)cc1)C(=O)C1CCCC(N)C1.Cl. The second-order valence-electron chi connectivity index (χ2n) is 5.76. The van der Waals surface area contributed by atoms with Crippen LogP contribution in [0.25, 0.3) is 0 Å². The standard InChI is InChI=1S/C16H23BrN2O.ClH/c1-19(10-9-12-5-7-14(17)8-6-12)16(20)13-3-2-4-15(18)11-13;/h5-8,13,15H,2-4,9-11,18H2,1H3;1H. The molecule has 0 bridgehead atoms. The molecular weight excluding hydrogens is 352 g/mol. The number of likely N-dealkylation sites (N-methyl/N-ethyl adjacent to an activating group) is 1. The Bertz CT molecular complexity index is 452. The van der Waals surface area contributed by atoms with Crippen LogP contribution in [0.2, 0.25) is 0 Å². The molecule has 1 aromatic carbocycles. The lowest BCUT2D eigenvalue weighted by molar-refractivity contribution is -0.135. The quantitative estimate of drug-likeness (QED) is 0.877. The molecule has 0 saturated heterocycles. The van der Waals surface area contributed by atoms with Crippen molar-refractivity contribution >= 4 is 34.2 Å². The Morgan fingerprint density at radius 2 is 2.00 bits per heavy atom. The van der Waals surface area contributed by atoms with Crippen LogP contribution in [0.4, 0.5) is 0 Å². The number of halogens is 2. The average Bonchev–Trinajstić information content (AvgIpc) is 2.45. The second kappa shape index (κ2) is 8.76. The molecule has 1 saturated carbocycles.